The number of anilines is 1. The molecule has 152 valence electrons. The molecule has 2 atom stereocenters. The quantitative estimate of drug-likeness (QED) is 0.381. The van der Waals surface area contributed by atoms with Crippen LogP contribution in [0.4, 0.5) is 11.6 Å². The normalized spacial score (nSPS) is 19.5. The Hall–Kier alpha value is -3.59. The van der Waals surface area contributed by atoms with Gasteiger partial charge in [0.05, 0.1) is 28.2 Å². The van der Waals surface area contributed by atoms with Crippen LogP contribution in [0.1, 0.15) is 13.8 Å². The van der Waals surface area contributed by atoms with Gasteiger partial charge in [-0.2, -0.15) is 0 Å². The Balaban J connectivity index is 1.82. The molecular weight excluding hydrogens is 384 g/mol. The minimum atomic E-state index is -0.399. The van der Waals surface area contributed by atoms with Gasteiger partial charge in [0.15, 0.2) is 11.5 Å². The summed E-state index contributed by atoms with van der Waals surface area (Å²) in [6.07, 6.45) is 0.0612. The lowest BCUT2D eigenvalue weighted by molar-refractivity contribution is -0.384. The first-order chi connectivity index (χ1) is 14.5. The molecule has 2 unspecified atom stereocenters. The third kappa shape index (κ3) is 2.94. The zero-order valence-corrected chi connectivity index (χ0v) is 16.6. The van der Waals surface area contributed by atoms with E-state index < -0.39 is 4.92 Å². The van der Waals surface area contributed by atoms with E-state index in [4.69, 9.17) is 9.72 Å². The summed E-state index contributed by atoms with van der Waals surface area (Å²) >= 11 is 0. The van der Waals surface area contributed by atoms with E-state index in [0.29, 0.717) is 36.1 Å². The number of morpholine rings is 1. The van der Waals surface area contributed by atoms with Crippen molar-refractivity contribution >= 4 is 28.2 Å². The summed E-state index contributed by atoms with van der Waals surface area (Å²) < 4.78 is 7.71. The Labute approximate surface area is 172 Å². The fourth-order valence-electron chi connectivity index (χ4n) is 4.12. The average molecular weight is 404 g/mol. The molecule has 9 heteroatoms. The van der Waals surface area contributed by atoms with Gasteiger partial charge in [-0.1, -0.05) is 24.3 Å². The number of hydrogen-bond acceptors (Lipinski definition) is 7. The smallest absolute Gasteiger partial charge is 0.280 e. The molecule has 0 spiro atoms. The van der Waals surface area contributed by atoms with E-state index >= 15 is 0 Å². The number of nitro groups is 1. The maximum atomic E-state index is 11.6. The van der Waals surface area contributed by atoms with Crippen molar-refractivity contribution in [1.82, 2.24) is 19.6 Å². The number of ether oxygens (including phenoxy) is 1. The summed E-state index contributed by atoms with van der Waals surface area (Å²) in [7, 11) is 0. The fraction of sp³-hybridized carbons (Fsp3) is 0.286. The molecule has 0 saturated carbocycles. The number of fused-ring (bicyclic) bond motifs is 3. The van der Waals surface area contributed by atoms with Gasteiger partial charge in [0.2, 0.25) is 5.95 Å². The van der Waals surface area contributed by atoms with Crippen molar-refractivity contribution in [1.29, 1.82) is 0 Å². The maximum Gasteiger partial charge on any atom is 0.280 e. The second-order valence-electron chi connectivity index (χ2n) is 7.55. The largest absolute Gasteiger partial charge is 0.372 e. The summed E-state index contributed by atoms with van der Waals surface area (Å²) in [5.74, 6) is 1.06. The summed E-state index contributed by atoms with van der Waals surface area (Å²) in [6, 6.07) is 14.3. The van der Waals surface area contributed by atoms with Crippen molar-refractivity contribution in [2.24, 2.45) is 0 Å². The molecule has 1 saturated heterocycles. The molecule has 3 heterocycles. The van der Waals surface area contributed by atoms with Crippen LogP contribution in [0, 0.1) is 10.1 Å². The van der Waals surface area contributed by atoms with E-state index in [1.165, 1.54) is 6.07 Å². The zero-order chi connectivity index (χ0) is 20.8. The summed E-state index contributed by atoms with van der Waals surface area (Å²) in [4.78, 5) is 18.3. The highest BCUT2D eigenvalue weighted by atomic mass is 16.6. The van der Waals surface area contributed by atoms with Gasteiger partial charge in [-0.3, -0.25) is 10.1 Å². The first kappa shape index (κ1) is 18.4. The minimum absolute atomic E-state index is 0.0189. The number of para-hydroxylation sites is 2. The third-order valence-corrected chi connectivity index (χ3v) is 5.27. The molecular formula is C21H20N6O3. The van der Waals surface area contributed by atoms with E-state index in [9.17, 15) is 10.1 Å². The van der Waals surface area contributed by atoms with Gasteiger partial charge < -0.3 is 9.64 Å². The van der Waals surface area contributed by atoms with Gasteiger partial charge in [0, 0.05) is 24.5 Å². The van der Waals surface area contributed by atoms with Gasteiger partial charge >= 0.3 is 0 Å². The van der Waals surface area contributed by atoms with Crippen molar-refractivity contribution in [3.8, 4) is 11.4 Å². The van der Waals surface area contributed by atoms with Crippen LogP contribution in [0.15, 0.2) is 48.5 Å². The zero-order valence-electron chi connectivity index (χ0n) is 16.6. The Bertz CT molecular complexity index is 1260. The molecule has 1 aliphatic rings. The Morgan fingerprint density at radius 1 is 1.03 bits per heavy atom. The van der Waals surface area contributed by atoms with Gasteiger partial charge in [0.25, 0.3) is 5.69 Å². The van der Waals surface area contributed by atoms with Crippen LogP contribution in [0.3, 0.4) is 0 Å². The molecule has 0 radical (unpaired) electrons. The number of rotatable bonds is 3. The Kier molecular flexibility index (Phi) is 4.32. The topological polar surface area (TPSA) is 98.7 Å². The Morgan fingerprint density at radius 2 is 1.73 bits per heavy atom. The van der Waals surface area contributed by atoms with Crippen molar-refractivity contribution in [2.75, 3.05) is 18.0 Å². The first-order valence-corrected chi connectivity index (χ1v) is 9.81. The molecule has 2 aromatic heterocycles. The van der Waals surface area contributed by atoms with Crippen LogP contribution in [-0.4, -0.2) is 49.8 Å². The molecule has 0 amide bonds. The maximum absolute atomic E-state index is 11.6. The van der Waals surface area contributed by atoms with Crippen molar-refractivity contribution < 1.29 is 9.66 Å². The number of nitrogens with zero attached hydrogens (tertiary/aromatic N) is 6. The minimum Gasteiger partial charge on any atom is -0.372 e. The molecule has 30 heavy (non-hydrogen) atoms. The van der Waals surface area contributed by atoms with Crippen molar-refractivity contribution in [3.05, 3.63) is 58.6 Å². The second kappa shape index (κ2) is 7.03. The van der Waals surface area contributed by atoms with E-state index in [1.54, 1.807) is 18.2 Å². The van der Waals surface area contributed by atoms with Crippen molar-refractivity contribution in [2.45, 2.75) is 26.1 Å². The van der Waals surface area contributed by atoms with Crippen LogP contribution < -0.4 is 4.90 Å². The van der Waals surface area contributed by atoms with Crippen LogP contribution in [0.2, 0.25) is 0 Å². The highest BCUT2D eigenvalue weighted by Crippen LogP contribution is 2.33. The molecule has 2 aromatic carbocycles. The molecule has 0 N–H and O–H groups in total. The number of aromatic nitrogens is 4. The van der Waals surface area contributed by atoms with Crippen LogP contribution in [0.25, 0.3) is 27.9 Å². The number of hydrogen-bond donors (Lipinski definition) is 0. The van der Waals surface area contributed by atoms with Crippen LogP contribution >= 0.6 is 0 Å². The van der Waals surface area contributed by atoms with Gasteiger partial charge in [0.1, 0.15) is 0 Å². The lowest BCUT2D eigenvalue weighted by Crippen LogP contribution is -2.46. The number of benzene rings is 2. The van der Waals surface area contributed by atoms with Gasteiger partial charge in [-0.05, 0) is 32.0 Å². The SMILES string of the molecule is CC1CN(c2nc3ccccc3c3nnc(-c4ccccc4[N+](=O)[O-])n23)CC(C)O1. The molecule has 4 aromatic rings. The van der Waals surface area contributed by atoms with Crippen LogP contribution in [-0.2, 0) is 4.74 Å². The summed E-state index contributed by atoms with van der Waals surface area (Å²) in [5, 5.41) is 21.3. The van der Waals surface area contributed by atoms with Gasteiger partial charge in [-0.15, -0.1) is 10.2 Å². The summed E-state index contributed by atoms with van der Waals surface area (Å²) in [6.45, 7) is 5.35. The molecule has 9 nitrogen and oxygen atoms in total. The molecule has 5 rings (SSSR count). The standard InChI is InChI=1S/C21H20N6O3/c1-13-11-25(12-14(2)30-13)21-22-17-9-5-3-7-15(17)19-23-24-20(26(19)21)16-8-4-6-10-18(16)27(28)29/h3-10,13-14H,11-12H2,1-2H3. The lowest BCUT2D eigenvalue weighted by Gasteiger charge is -2.36. The van der Waals surface area contributed by atoms with E-state index in [1.807, 2.05) is 42.5 Å². The highest BCUT2D eigenvalue weighted by molar-refractivity contribution is 5.93. The van der Waals surface area contributed by atoms with Gasteiger partial charge in [-0.25, -0.2) is 9.38 Å². The lowest BCUT2D eigenvalue weighted by atomic mass is 10.1. The third-order valence-electron chi connectivity index (χ3n) is 5.27. The van der Waals surface area contributed by atoms with E-state index in [2.05, 4.69) is 15.1 Å². The highest BCUT2D eigenvalue weighted by Gasteiger charge is 2.28. The second-order valence-corrected chi connectivity index (χ2v) is 7.55. The number of nitro benzene ring substituents is 1. The monoisotopic (exact) mass is 404 g/mol. The van der Waals surface area contributed by atoms with E-state index in [-0.39, 0.29) is 17.9 Å². The molecule has 1 fully saturated rings. The molecule has 0 bridgehead atoms. The predicted octanol–water partition coefficient (Wildman–Crippen LogP) is 3.47. The average Bonchev–Trinajstić information content (AvgIpc) is 3.17. The van der Waals surface area contributed by atoms with E-state index in [0.717, 1.165) is 10.9 Å². The summed E-state index contributed by atoms with van der Waals surface area (Å²) in [5.41, 5.74) is 1.81. The first-order valence-electron chi connectivity index (χ1n) is 9.81. The fourth-order valence-corrected chi connectivity index (χ4v) is 4.12. The molecule has 0 aliphatic carbocycles. The molecule has 1 aliphatic heterocycles. The van der Waals surface area contributed by atoms with Crippen LogP contribution in [0.5, 0.6) is 0 Å². The Morgan fingerprint density at radius 3 is 2.50 bits per heavy atom. The predicted molar refractivity (Wildman–Crippen MR) is 113 cm³/mol. The van der Waals surface area contributed by atoms with Crippen molar-refractivity contribution in [3.63, 3.8) is 0 Å².